The van der Waals surface area contributed by atoms with Crippen LogP contribution in [0.3, 0.4) is 0 Å². The predicted molar refractivity (Wildman–Crippen MR) is 129 cm³/mol. The molecule has 0 saturated heterocycles. The molecule has 2 N–H and O–H groups in total. The highest BCUT2D eigenvalue weighted by atomic mass is 16.1. The van der Waals surface area contributed by atoms with Crippen molar-refractivity contribution in [2.24, 2.45) is 5.73 Å². The average molecular weight is 409 g/mol. The number of nitrogens with two attached hydrogens (primary N) is 1. The highest BCUT2D eigenvalue weighted by Crippen LogP contribution is 2.25. The maximum atomic E-state index is 12.0. The van der Waals surface area contributed by atoms with E-state index in [4.69, 9.17) is 5.73 Å². The summed E-state index contributed by atoms with van der Waals surface area (Å²) < 4.78 is 0. The molecular formula is C27H40N2O. The first-order valence-electron chi connectivity index (χ1n) is 12.0. The summed E-state index contributed by atoms with van der Waals surface area (Å²) in [5, 5.41) is 1.06. The van der Waals surface area contributed by atoms with Crippen LogP contribution in [0.25, 0.3) is 10.9 Å². The van der Waals surface area contributed by atoms with Crippen molar-refractivity contribution >= 4 is 16.8 Å². The first-order valence-corrected chi connectivity index (χ1v) is 12.0. The number of nitrogens with zero attached hydrogens (tertiary/aromatic N) is 1. The molecule has 30 heavy (non-hydrogen) atoms. The fourth-order valence-corrected chi connectivity index (χ4v) is 3.99. The lowest BCUT2D eigenvalue weighted by molar-refractivity contribution is -0.119. The van der Waals surface area contributed by atoms with E-state index in [2.05, 4.69) is 30.1 Å². The lowest BCUT2D eigenvalue weighted by Gasteiger charge is -2.14. The Bertz CT molecular complexity index is 768. The number of rotatable bonds is 16. The molecule has 0 aliphatic rings. The van der Waals surface area contributed by atoms with Gasteiger partial charge in [-0.2, -0.15) is 0 Å². The fourth-order valence-electron chi connectivity index (χ4n) is 3.99. The largest absolute Gasteiger partial charge is 0.369 e. The Morgan fingerprint density at radius 3 is 2.27 bits per heavy atom. The summed E-state index contributed by atoms with van der Waals surface area (Å²) >= 11 is 0. The number of aromatic nitrogens is 1. The molecule has 1 amide bonds. The van der Waals surface area contributed by atoms with Crippen molar-refractivity contribution in [1.82, 2.24) is 4.98 Å². The Morgan fingerprint density at radius 1 is 0.933 bits per heavy atom. The average Bonchev–Trinajstić information content (AvgIpc) is 2.76. The Balaban J connectivity index is 1.59. The van der Waals surface area contributed by atoms with Gasteiger partial charge in [0.05, 0.1) is 11.4 Å². The van der Waals surface area contributed by atoms with E-state index in [1.54, 1.807) is 0 Å². The number of carbonyl (C=O) groups excluding carboxylic acids is 1. The minimum absolute atomic E-state index is 0.237. The Morgan fingerprint density at radius 2 is 1.57 bits per heavy atom. The van der Waals surface area contributed by atoms with Gasteiger partial charge in [-0.1, -0.05) is 88.6 Å². The van der Waals surface area contributed by atoms with E-state index < -0.39 is 0 Å². The van der Waals surface area contributed by atoms with Crippen LogP contribution in [0.2, 0.25) is 0 Å². The molecule has 1 heterocycles. The standard InChI is InChI=1S/C27H40N2O/c1-2-3-4-5-6-7-8-9-10-11-12-13-14-15-19-25(27(28)30)24-21-23-18-16-17-20-26(23)29-22-24/h9-10,16-18,20-22,25H,2-8,11-15,19H2,1H3,(H2,28,30)/b10-9-. The summed E-state index contributed by atoms with van der Waals surface area (Å²) in [6, 6.07) is 10.1. The van der Waals surface area contributed by atoms with Crippen LogP contribution in [0, 0.1) is 0 Å². The summed E-state index contributed by atoms with van der Waals surface area (Å²) in [5.41, 5.74) is 7.59. The lowest BCUT2D eigenvalue weighted by atomic mass is 9.92. The predicted octanol–water partition coefficient (Wildman–Crippen LogP) is 7.45. The zero-order valence-electron chi connectivity index (χ0n) is 18.8. The second-order valence-electron chi connectivity index (χ2n) is 8.44. The van der Waals surface area contributed by atoms with Gasteiger partial charge in [-0.3, -0.25) is 9.78 Å². The van der Waals surface area contributed by atoms with Gasteiger partial charge in [0.1, 0.15) is 0 Å². The molecule has 2 rings (SSSR count). The Hall–Kier alpha value is -2.16. The maximum Gasteiger partial charge on any atom is 0.225 e. The topological polar surface area (TPSA) is 56.0 Å². The van der Waals surface area contributed by atoms with E-state index in [1.807, 2.05) is 30.5 Å². The molecule has 164 valence electrons. The third-order valence-corrected chi connectivity index (χ3v) is 5.86. The Labute approximate surface area is 183 Å². The van der Waals surface area contributed by atoms with Crippen molar-refractivity contribution in [3.63, 3.8) is 0 Å². The normalized spacial score (nSPS) is 12.6. The summed E-state index contributed by atoms with van der Waals surface area (Å²) in [5.74, 6) is -0.482. The van der Waals surface area contributed by atoms with Crippen LogP contribution < -0.4 is 5.73 Å². The molecule has 2 aromatic rings. The minimum atomic E-state index is -0.246. The van der Waals surface area contributed by atoms with Crippen molar-refractivity contribution in [3.05, 3.63) is 54.2 Å². The smallest absolute Gasteiger partial charge is 0.225 e. The number of allylic oxidation sites excluding steroid dienone is 2. The number of benzene rings is 1. The van der Waals surface area contributed by atoms with Gasteiger partial charge in [-0.05, 0) is 49.8 Å². The van der Waals surface area contributed by atoms with Crippen LogP contribution in [-0.2, 0) is 4.79 Å². The highest BCUT2D eigenvalue weighted by molar-refractivity contribution is 5.84. The van der Waals surface area contributed by atoms with Crippen LogP contribution in [0.15, 0.2) is 48.7 Å². The summed E-state index contributed by atoms with van der Waals surface area (Å²) in [4.78, 5) is 16.5. The molecule has 0 aliphatic heterocycles. The molecule has 0 aliphatic carbocycles. The second kappa shape index (κ2) is 14.8. The Kier molecular flexibility index (Phi) is 11.9. The van der Waals surface area contributed by atoms with Gasteiger partial charge in [-0.15, -0.1) is 0 Å². The maximum absolute atomic E-state index is 12.0. The van der Waals surface area contributed by atoms with Crippen LogP contribution in [0.1, 0.15) is 102 Å². The minimum Gasteiger partial charge on any atom is -0.369 e. The quantitative estimate of drug-likeness (QED) is 0.231. The second-order valence-corrected chi connectivity index (χ2v) is 8.44. The number of carbonyl (C=O) groups is 1. The highest BCUT2D eigenvalue weighted by Gasteiger charge is 2.18. The summed E-state index contributed by atoms with van der Waals surface area (Å²) in [6.07, 6.45) is 22.5. The van der Waals surface area contributed by atoms with Crippen molar-refractivity contribution < 1.29 is 4.79 Å². The summed E-state index contributed by atoms with van der Waals surface area (Å²) in [6.45, 7) is 2.27. The van der Waals surface area contributed by atoms with E-state index in [-0.39, 0.29) is 11.8 Å². The van der Waals surface area contributed by atoms with Crippen molar-refractivity contribution in [2.75, 3.05) is 0 Å². The molecule has 1 aromatic heterocycles. The number of hydrogen-bond donors (Lipinski definition) is 1. The number of primary amides is 1. The van der Waals surface area contributed by atoms with Gasteiger partial charge in [-0.25, -0.2) is 0 Å². The first-order chi connectivity index (χ1) is 14.7. The fraction of sp³-hybridized carbons (Fsp3) is 0.556. The van der Waals surface area contributed by atoms with Crippen molar-refractivity contribution in [1.29, 1.82) is 0 Å². The van der Waals surface area contributed by atoms with Crippen LogP contribution in [0.5, 0.6) is 0 Å². The molecule has 3 nitrogen and oxygen atoms in total. The zero-order chi connectivity index (χ0) is 21.4. The third-order valence-electron chi connectivity index (χ3n) is 5.86. The molecule has 3 heteroatoms. The van der Waals surface area contributed by atoms with Crippen LogP contribution >= 0.6 is 0 Å². The molecule has 1 aromatic carbocycles. The number of amides is 1. The number of fused-ring (bicyclic) bond motifs is 1. The first kappa shape index (κ1) is 24.1. The van der Waals surface area contributed by atoms with Gasteiger partial charge in [0.15, 0.2) is 0 Å². The number of unbranched alkanes of at least 4 members (excludes halogenated alkanes) is 10. The molecule has 1 unspecified atom stereocenters. The van der Waals surface area contributed by atoms with Gasteiger partial charge in [0.25, 0.3) is 0 Å². The SMILES string of the molecule is CCCCCCCC/C=C\CCCCCCC(C(N)=O)c1cnc2ccccc2c1. The molecule has 0 fully saturated rings. The van der Waals surface area contributed by atoms with Gasteiger partial charge >= 0.3 is 0 Å². The number of pyridine rings is 1. The van der Waals surface area contributed by atoms with Gasteiger partial charge in [0, 0.05) is 11.6 Å². The number of para-hydroxylation sites is 1. The van der Waals surface area contributed by atoms with E-state index in [0.29, 0.717) is 0 Å². The molecule has 0 radical (unpaired) electrons. The molecule has 0 saturated carbocycles. The van der Waals surface area contributed by atoms with E-state index in [0.717, 1.165) is 35.7 Å². The molecular weight excluding hydrogens is 368 g/mol. The van der Waals surface area contributed by atoms with Crippen LogP contribution in [-0.4, -0.2) is 10.9 Å². The molecule has 0 bridgehead atoms. The van der Waals surface area contributed by atoms with E-state index in [9.17, 15) is 4.79 Å². The van der Waals surface area contributed by atoms with Crippen molar-refractivity contribution in [2.45, 2.75) is 96.3 Å². The van der Waals surface area contributed by atoms with Crippen LogP contribution in [0.4, 0.5) is 0 Å². The van der Waals surface area contributed by atoms with E-state index >= 15 is 0 Å². The van der Waals surface area contributed by atoms with Crippen molar-refractivity contribution in [3.8, 4) is 0 Å². The van der Waals surface area contributed by atoms with Gasteiger partial charge < -0.3 is 5.73 Å². The summed E-state index contributed by atoms with van der Waals surface area (Å²) in [7, 11) is 0. The van der Waals surface area contributed by atoms with E-state index in [1.165, 1.54) is 64.2 Å². The number of hydrogen-bond acceptors (Lipinski definition) is 2. The third kappa shape index (κ3) is 9.11. The zero-order valence-corrected chi connectivity index (χ0v) is 18.8. The monoisotopic (exact) mass is 408 g/mol. The molecule has 0 spiro atoms. The van der Waals surface area contributed by atoms with Gasteiger partial charge in [0.2, 0.25) is 5.91 Å². The lowest BCUT2D eigenvalue weighted by Crippen LogP contribution is -2.21. The molecule has 1 atom stereocenters.